The predicted octanol–water partition coefficient (Wildman–Crippen LogP) is 7.67. The summed E-state index contributed by atoms with van der Waals surface area (Å²) in [5, 5.41) is 3.67. The molecule has 2 amide bonds. The number of nitrogens with one attached hydrogen (secondary N) is 1. The van der Waals surface area contributed by atoms with E-state index in [9.17, 15) is 18.0 Å². The molecule has 0 fully saturated rings. The quantitative estimate of drug-likeness (QED) is 0.175. The van der Waals surface area contributed by atoms with Crippen molar-refractivity contribution >= 4 is 50.7 Å². The molecule has 0 spiro atoms. The molecule has 0 aliphatic rings. The molecule has 0 heterocycles. The number of hydrogen-bond donors (Lipinski definition) is 1. The van der Waals surface area contributed by atoms with Crippen molar-refractivity contribution in [2.45, 2.75) is 71.0 Å². The topological polar surface area (TPSA) is 86.8 Å². The number of hydrogen-bond acceptors (Lipinski definition) is 4. The summed E-state index contributed by atoms with van der Waals surface area (Å²) in [5.41, 5.74) is 3.57. The van der Waals surface area contributed by atoms with Crippen LogP contribution in [0.25, 0.3) is 0 Å². The van der Waals surface area contributed by atoms with Gasteiger partial charge in [0.25, 0.3) is 10.0 Å². The molecule has 10 heteroatoms. The molecule has 4 aromatic carbocycles. The monoisotopic (exact) mass is 693 g/mol. The molecular formula is C37H41Cl2N3O4S. The van der Waals surface area contributed by atoms with Crippen molar-refractivity contribution < 1.29 is 18.0 Å². The van der Waals surface area contributed by atoms with E-state index in [1.807, 2.05) is 77.9 Å². The van der Waals surface area contributed by atoms with E-state index in [0.717, 1.165) is 26.6 Å². The fourth-order valence-corrected chi connectivity index (χ4v) is 7.24. The number of amides is 2. The predicted molar refractivity (Wildman–Crippen MR) is 190 cm³/mol. The Morgan fingerprint density at radius 1 is 0.787 bits per heavy atom. The van der Waals surface area contributed by atoms with Gasteiger partial charge in [-0.05, 0) is 94.6 Å². The maximum Gasteiger partial charge on any atom is 0.264 e. The van der Waals surface area contributed by atoms with Gasteiger partial charge in [-0.15, -0.1) is 0 Å². The molecule has 0 saturated carbocycles. The first-order chi connectivity index (χ1) is 22.0. The van der Waals surface area contributed by atoms with Crippen molar-refractivity contribution in [3.8, 4) is 0 Å². The van der Waals surface area contributed by atoms with Crippen molar-refractivity contribution in [3.63, 3.8) is 0 Å². The Morgan fingerprint density at radius 3 is 1.91 bits per heavy atom. The van der Waals surface area contributed by atoms with E-state index in [2.05, 4.69) is 5.32 Å². The van der Waals surface area contributed by atoms with Gasteiger partial charge in [0, 0.05) is 34.1 Å². The Hall–Kier alpha value is -3.85. The third-order valence-corrected chi connectivity index (χ3v) is 10.0. The first-order valence-corrected chi connectivity index (χ1v) is 17.5. The Balaban J connectivity index is 1.88. The van der Waals surface area contributed by atoms with Crippen LogP contribution in [-0.4, -0.2) is 43.3 Å². The van der Waals surface area contributed by atoms with Gasteiger partial charge in [0.05, 0.1) is 10.6 Å². The average Bonchev–Trinajstić information content (AvgIpc) is 2.98. The number of nitrogens with zero attached hydrogens (tertiary/aromatic N) is 2. The standard InChI is InChI=1S/C37H41Cl2N3O4S/c1-25-15-17-30(18-16-25)47(45,46)42(29-20-26(2)19-27(3)21-29)24-35(43)41(23-31-32(38)13-10-14-33(31)39)34(36(44)40-37(4,5)6)22-28-11-8-7-9-12-28/h7-21,34H,22-24H2,1-6H3,(H,40,44)/t34-/m1/s1. The molecule has 0 aromatic heterocycles. The molecule has 248 valence electrons. The lowest BCUT2D eigenvalue weighted by molar-refractivity contribution is -0.140. The number of rotatable bonds is 11. The summed E-state index contributed by atoms with van der Waals surface area (Å²) in [5.74, 6) is -0.988. The Morgan fingerprint density at radius 2 is 1.36 bits per heavy atom. The second-order valence-corrected chi connectivity index (χ2v) is 15.5. The van der Waals surface area contributed by atoms with Gasteiger partial charge in [0.2, 0.25) is 11.8 Å². The molecule has 7 nitrogen and oxygen atoms in total. The van der Waals surface area contributed by atoms with Crippen LogP contribution in [0.4, 0.5) is 5.69 Å². The lowest BCUT2D eigenvalue weighted by atomic mass is 10.0. The number of sulfonamides is 1. The molecule has 0 aliphatic heterocycles. The van der Waals surface area contributed by atoms with Crippen molar-refractivity contribution in [1.29, 1.82) is 0 Å². The van der Waals surface area contributed by atoms with Gasteiger partial charge in [0.15, 0.2) is 0 Å². The van der Waals surface area contributed by atoms with Crippen LogP contribution >= 0.6 is 23.2 Å². The molecular weight excluding hydrogens is 653 g/mol. The van der Waals surface area contributed by atoms with Gasteiger partial charge in [-0.1, -0.05) is 83.4 Å². The Labute approximate surface area is 288 Å². The fraction of sp³-hybridized carbons (Fsp3) is 0.297. The minimum absolute atomic E-state index is 0.0436. The summed E-state index contributed by atoms with van der Waals surface area (Å²) in [6.45, 7) is 10.5. The smallest absolute Gasteiger partial charge is 0.264 e. The Kier molecular flexibility index (Phi) is 11.4. The van der Waals surface area contributed by atoms with Gasteiger partial charge in [-0.2, -0.15) is 0 Å². The number of aryl methyl sites for hydroxylation is 3. The number of carbonyl (C=O) groups excluding carboxylic acids is 2. The zero-order chi connectivity index (χ0) is 34.5. The zero-order valence-corrected chi connectivity index (χ0v) is 29.9. The van der Waals surface area contributed by atoms with Gasteiger partial charge < -0.3 is 10.2 Å². The third-order valence-electron chi connectivity index (χ3n) is 7.54. The van der Waals surface area contributed by atoms with Crippen molar-refractivity contribution in [3.05, 3.63) is 129 Å². The summed E-state index contributed by atoms with van der Waals surface area (Å²) >= 11 is 13.2. The first kappa shape index (κ1) is 36.0. The third kappa shape index (κ3) is 9.37. The van der Waals surface area contributed by atoms with Crippen LogP contribution in [0.3, 0.4) is 0 Å². The van der Waals surface area contributed by atoms with Gasteiger partial charge in [-0.25, -0.2) is 8.42 Å². The molecule has 0 unspecified atom stereocenters. The number of halogens is 2. The maximum absolute atomic E-state index is 14.7. The molecule has 1 atom stereocenters. The highest BCUT2D eigenvalue weighted by molar-refractivity contribution is 7.92. The SMILES string of the molecule is Cc1ccc(S(=O)(=O)N(CC(=O)N(Cc2c(Cl)cccc2Cl)[C@H](Cc2ccccc2)C(=O)NC(C)(C)C)c2cc(C)cc(C)c2)cc1. The average molecular weight is 695 g/mol. The van der Waals surface area contributed by atoms with E-state index in [1.54, 1.807) is 42.5 Å². The highest BCUT2D eigenvalue weighted by Crippen LogP contribution is 2.30. The van der Waals surface area contributed by atoms with Crippen LogP contribution in [-0.2, 0) is 32.6 Å². The van der Waals surface area contributed by atoms with Crippen LogP contribution in [0, 0.1) is 20.8 Å². The highest BCUT2D eigenvalue weighted by atomic mass is 35.5. The molecule has 0 bridgehead atoms. The summed E-state index contributed by atoms with van der Waals surface area (Å²) < 4.78 is 29.7. The highest BCUT2D eigenvalue weighted by Gasteiger charge is 2.36. The minimum Gasteiger partial charge on any atom is -0.350 e. The van der Waals surface area contributed by atoms with E-state index in [0.29, 0.717) is 21.3 Å². The van der Waals surface area contributed by atoms with Crippen LogP contribution in [0.1, 0.15) is 48.6 Å². The number of anilines is 1. The van der Waals surface area contributed by atoms with E-state index in [4.69, 9.17) is 23.2 Å². The van der Waals surface area contributed by atoms with Crippen LogP contribution in [0.15, 0.2) is 95.9 Å². The second-order valence-electron chi connectivity index (χ2n) is 12.8. The molecule has 0 radical (unpaired) electrons. The fourth-order valence-electron chi connectivity index (χ4n) is 5.32. The van der Waals surface area contributed by atoms with E-state index >= 15 is 0 Å². The molecule has 4 aromatic rings. The normalized spacial score (nSPS) is 12.3. The van der Waals surface area contributed by atoms with Crippen LogP contribution in [0.5, 0.6) is 0 Å². The maximum atomic E-state index is 14.7. The van der Waals surface area contributed by atoms with Crippen LogP contribution < -0.4 is 9.62 Å². The van der Waals surface area contributed by atoms with Crippen molar-refractivity contribution in [2.75, 3.05) is 10.8 Å². The second kappa shape index (κ2) is 14.9. The Bertz CT molecular complexity index is 1800. The number of benzene rings is 4. The summed E-state index contributed by atoms with van der Waals surface area (Å²) in [6, 6.07) is 25.2. The van der Waals surface area contributed by atoms with Gasteiger partial charge in [0.1, 0.15) is 12.6 Å². The summed E-state index contributed by atoms with van der Waals surface area (Å²) in [4.78, 5) is 30.2. The van der Waals surface area contributed by atoms with E-state index < -0.39 is 40.0 Å². The summed E-state index contributed by atoms with van der Waals surface area (Å²) in [6.07, 6.45) is 0.171. The van der Waals surface area contributed by atoms with E-state index in [-0.39, 0.29) is 17.9 Å². The van der Waals surface area contributed by atoms with Crippen molar-refractivity contribution in [2.24, 2.45) is 0 Å². The van der Waals surface area contributed by atoms with E-state index in [1.165, 1.54) is 17.0 Å². The van der Waals surface area contributed by atoms with Gasteiger partial charge in [-0.3, -0.25) is 13.9 Å². The zero-order valence-electron chi connectivity index (χ0n) is 27.6. The molecule has 1 N–H and O–H groups in total. The lowest BCUT2D eigenvalue weighted by Gasteiger charge is -2.35. The number of carbonyl (C=O) groups is 2. The lowest BCUT2D eigenvalue weighted by Crippen LogP contribution is -2.56. The molecule has 0 aliphatic carbocycles. The van der Waals surface area contributed by atoms with Gasteiger partial charge >= 0.3 is 0 Å². The first-order valence-electron chi connectivity index (χ1n) is 15.3. The minimum atomic E-state index is -4.22. The summed E-state index contributed by atoms with van der Waals surface area (Å²) in [7, 11) is -4.22. The molecule has 0 saturated heterocycles. The van der Waals surface area contributed by atoms with Crippen LogP contribution in [0.2, 0.25) is 10.0 Å². The largest absolute Gasteiger partial charge is 0.350 e. The molecule has 47 heavy (non-hydrogen) atoms. The van der Waals surface area contributed by atoms with Crippen molar-refractivity contribution in [1.82, 2.24) is 10.2 Å². The molecule has 4 rings (SSSR count).